The summed E-state index contributed by atoms with van der Waals surface area (Å²) >= 11 is 0. The molecule has 1 N–H and O–H groups in total. The number of carbonyl (C=O) groups is 1. The van der Waals surface area contributed by atoms with Crippen molar-refractivity contribution in [3.63, 3.8) is 0 Å². The van der Waals surface area contributed by atoms with Crippen molar-refractivity contribution in [1.29, 1.82) is 0 Å². The van der Waals surface area contributed by atoms with Gasteiger partial charge in [-0.3, -0.25) is 0 Å². The summed E-state index contributed by atoms with van der Waals surface area (Å²) < 4.78 is 22.9. The molecule has 2 rings (SSSR count). The highest BCUT2D eigenvalue weighted by Gasteiger charge is 2.32. The number of nitrogens with zero attached hydrogens (tertiary/aromatic N) is 2. The van der Waals surface area contributed by atoms with E-state index < -0.39 is 9.84 Å². The fraction of sp³-hybridized carbons (Fsp3) is 0.929. The Bertz CT molecular complexity index is 466. The van der Waals surface area contributed by atoms with Crippen molar-refractivity contribution in [2.45, 2.75) is 32.2 Å². The molecule has 2 aliphatic rings. The fourth-order valence-corrected chi connectivity index (χ4v) is 4.96. The summed E-state index contributed by atoms with van der Waals surface area (Å²) in [5.74, 6) is 1.03. The first kappa shape index (κ1) is 16.5. The van der Waals surface area contributed by atoms with Crippen LogP contribution in [0.25, 0.3) is 0 Å². The molecule has 21 heavy (non-hydrogen) atoms. The summed E-state index contributed by atoms with van der Waals surface area (Å²) in [4.78, 5) is 16.0. The quantitative estimate of drug-likeness (QED) is 0.822. The van der Waals surface area contributed by atoms with Gasteiger partial charge < -0.3 is 15.1 Å². The third-order valence-electron chi connectivity index (χ3n) is 4.52. The lowest BCUT2D eigenvalue weighted by Crippen LogP contribution is -2.47. The highest BCUT2D eigenvalue weighted by atomic mass is 32.2. The molecule has 122 valence electrons. The maximum Gasteiger partial charge on any atom is 0.317 e. The van der Waals surface area contributed by atoms with Crippen LogP contribution in [-0.2, 0) is 9.84 Å². The van der Waals surface area contributed by atoms with Gasteiger partial charge in [0.25, 0.3) is 0 Å². The first-order chi connectivity index (χ1) is 9.87. The summed E-state index contributed by atoms with van der Waals surface area (Å²) in [5, 5.41) is 2.90. The van der Waals surface area contributed by atoms with Gasteiger partial charge in [0, 0.05) is 32.7 Å². The standard InChI is InChI=1S/C14H27N3O3S/c1-12-4-3-7-17(10-12)8-6-15-14(18)16(2)13-5-9-21(19,20)11-13/h12-13H,3-11H2,1-2H3,(H,15,18)/t12-,13+/m1/s1. The summed E-state index contributed by atoms with van der Waals surface area (Å²) in [5.41, 5.74) is 0. The number of hydrogen-bond acceptors (Lipinski definition) is 4. The number of carbonyl (C=O) groups excluding carboxylic acids is 1. The van der Waals surface area contributed by atoms with E-state index in [-0.39, 0.29) is 23.6 Å². The smallest absolute Gasteiger partial charge is 0.317 e. The predicted molar refractivity (Wildman–Crippen MR) is 83.1 cm³/mol. The van der Waals surface area contributed by atoms with Crippen molar-refractivity contribution in [2.24, 2.45) is 5.92 Å². The monoisotopic (exact) mass is 317 g/mol. The van der Waals surface area contributed by atoms with Crippen molar-refractivity contribution in [2.75, 3.05) is 44.7 Å². The van der Waals surface area contributed by atoms with Gasteiger partial charge in [-0.25, -0.2) is 13.2 Å². The van der Waals surface area contributed by atoms with E-state index in [0.29, 0.717) is 13.0 Å². The number of hydrogen-bond donors (Lipinski definition) is 1. The van der Waals surface area contributed by atoms with Crippen molar-refractivity contribution in [3.05, 3.63) is 0 Å². The zero-order chi connectivity index (χ0) is 15.5. The fourth-order valence-electron chi connectivity index (χ4n) is 3.18. The Kier molecular flexibility index (Phi) is 5.48. The Balaban J connectivity index is 1.69. The summed E-state index contributed by atoms with van der Waals surface area (Å²) in [6.07, 6.45) is 3.08. The van der Waals surface area contributed by atoms with E-state index in [1.165, 1.54) is 12.8 Å². The van der Waals surface area contributed by atoms with E-state index >= 15 is 0 Å². The van der Waals surface area contributed by atoms with Crippen molar-refractivity contribution in [3.8, 4) is 0 Å². The number of likely N-dealkylation sites (tertiary alicyclic amines) is 1. The predicted octanol–water partition coefficient (Wildman–Crippen LogP) is 0.547. The van der Waals surface area contributed by atoms with Gasteiger partial charge in [-0.05, 0) is 31.7 Å². The third-order valence-corrected chi connectivity index (χ3v) is 6.27. The van der Waals surface area contributed by atoms with Crippen LogP contribution < -0.4 is 5.32 Å². The second-order valence-electron chi connectivity index (χ2n) is 6.45. The molecule has 2 heterocycles. The molecule has 2 fully saturated rings. The minimum Gasteiger partial charge on any atom is -0.337 e. The van der Waals surface area contributed by atoms with Crippen LogP contribution >= 0.6 is 0 Å². The molecule has 0 aromatic carbocycles. The van der Waals surface area contributed by atoms with E-state index in [0.717, 1.165) is 25.6 Å². The SMILES string of the molecule is C[C@@H]1CCCN(CCNC(=O)N(C)[C@H]2CCS(=O)(=O)C2)C1. The van der Waals surface area contributed by atoms with Crippen LogP contribution in [0.15, 0.2) is 0 Å². The maximum atomic E-state index is 12.0. The van der Waals surface area contributed by atoms with Gasteiger partial charge in [0.15, 0.2) is 9.84 Å². The lowest BCUT2D eigenvalue weighted by atomic mass is 10.0. The zero-order valence-electron chi connectivity index (χ0n) is 13.0. The minimum absolute atomic E-state index is 0.0978. The van der Waals surface area contributed by atoms with Crippen LogP contribution in [0, 0.1) is 5.92 Å². The molecule has 0 aliphatic carbocycles. The van der Waals surface area contributed by atoms with Crippen LogP contribution in [0.4, 0.5) is 4.79 Å². The number of sulfone groups is 1. The highest BCUT2D eigenvalue weighted by molar-refractivity contribution is 7.91. The summed E-state index contributed by atoms with van der Waals surface area (Å²) in [7, 11) is -1.26. The second-order valence-corrected chi connectivity index (χ2v) is 8.68. The van der Waals surface area contributed by atoms with E-state index in [9.17, 15) is 13.2 Å². The molecule has 0 radical (unpaired) electrons. The second kappa shape index (κ2) is 6.96. The molecule has 6 nitrogen and oxygen atoms in total. The number of nitrogens with one attached hydrogen (secondary N) is 1. The first-order valence-electron chi connectivity index (χ1n) is 7.81. The lowest BCUT2D eigenvalue weighted by molar-refractivity contribution is 0.175. The Morgan fingerprint density at radius 1 is 1.38 bits per heavy atom. The maximum absolute atomic E-state index is 12.0. The molecule has 0 unspecified atom stereocenters. The van der Waals surface area contributed by atoms with E-state index in [4.69, 9.17) is 0 Å². The van der Waals surface area contributed by atoms with E-state index in [1.54, 1.807) is 11.9 Å². The van der Waals surface area contributed by atoms with Crippen molar-refractivity contribution >= 4 is 15.9 Å². The largest absolute Gasteiger partial charge is 0.337 e. The van der Waals surface area contributed by atoms with Gasteiger partial charge >= 0.3 is 6.03 Å². The van der Waals surface area contributed by atoms with Crippen LogP contribution in [0.5, 0.6) is 0 Å². The zero-order valence-corrected chi connectivity index (χ0v) is 13.9. The number of rotatable bonds is 4. The molecule has 0 spiro atoms. The van der Waals surface area contributed by atoms with E-state index in [1.807, 2.05) is 0 Å². The molecule has 0 aromatic rings. The van der Waals surface area contributed by atoms with Crippen LogP contribution in [0.3, 0.4) is 0 Å². The molecular weight excluding hydrogens is 290 g/mol. The van der Waals surface area contributed by atoms with Crippen LogP contribution in [0.2, 0.25) is 0 Å². The third kappa shape index (κ3) is 4.85. The van der Waals surface area contributed by atoms with E-state index in [2.05, 4.69) is 17.1 Å². The Morgan fingerprint density at radius 2 is 2.14 bits per heavy atom. The van der Waals surface area contributed by atoms with Crippen LogP contribution in [0.1, 0.15) is 26.2 Å². The van der Waals surface area contributed by atoms with Gasteiger partial charge in [-0.1, -0.05) is 6.92 Å². The molecule has 7 heteroatoms. The number of amides is 2. The van der Waals surface area contributed by atoms with Gasteiger partial charge in [0.2, 0.25) is 0 Å². The summed E-state index contributed by atoms with van der Waals surface area (Å²) in [6.45, 7) is 5.96. The van der Waals surface area contributed by atoms with Gasteiger partial charge in [-0.15, -0.1) is 0 Å². The number of piperidine rings is 1. The summed E-state index contributed by atoms with van der Waals surface area (Å²) in [6, 6.07) is -0.341. The minimum atomic E-state index is -2.95. The van der Waals surface area contributed by atoms with Gasteiger partial charge in [0.1, 0.15) is 0 Å². The van der Waals surface area contributed by atoms with Gasteiger partial charge in [-0.2, -0.15) is 0 Å². The van der Waals surface area contributed by atoms with Crippen molar-refractivity contribution < 1.29 is 13.2 Å². The molecule has 2 aliphatic heterocycles. The molecule has 2 amide bonds. The van der Waals surface area contributed by atoms with Crippen LogP contribution in [-0.4, -0.2) is 75.0 Å². The first-order valence-corrected chi connectivity index (χ1v) is 9.63. The topological polar surface area (TPSA) is 69.7 Å². The Hall–Kier alpha value is -0.820. The Morgan fingerprint density at radius 3 is 2.76 bits per heavy atom. The molecule has 2 atom stereocenters. The molecule has 2 saturated heterocycles. The highest BCUT2D eigenvalue weighted by Crippen LogP contribution is 2.16. The van der Waals surface area contributed by atoms with Gasteiger partial charge in [0.05, 0.1) is 11.5 Å². The molecular formula is C14H27N3O3S. The Labute approximate surface area is 127 Å². The number of urea groups is 1. The average molecular weight is 317 g/mol. The molecule has 0 saturated carbocycles. The normalized spacial score (nSPS) is 29.2. The molecule has 0 bridgehead atoms. The lowest BCUT2D eigenvalue weighted by Gasteiger charge is -2.31. The molecule has 0 aromatic heterocycles. The van der Waals surface area contributed by atoms with Crippen molar-refractivity contribution in [1.82, 2.24) is 15.1 Å². The average Bonchev–Trinajstić information content (AvgIpc) is 2.78.